The summed E-state index contributed by atoms with van der Waals surface area (Å²) in [4.78, 5) is 80.0. The van der Waals surface area contributed by atoms with Crippen molar-refractivity contribution in [2.24, 2.45) is 11.8 Å². The molecule has 0 unspecified atom stereocenters. The lowest BCUT2D eigenvalue weighted by Gasteiger charge is -2.26. The van der Waals surface area contributed by atoms with Crippen molar-refractivity contribution in [1.29, 1.82) is 0 Å². The Morgan fingerprint density at radius 3 is 1.67 bits per heavy atom. The van der Waals surface area contributed by atoms with Crippen LogP contribution in [0.4, 0.5) is 42.8 Å². The summed E-state index contributed by atoms with van der Waals surface area (Å²) in [7, 11) is 5.61. The van der Waals surface area contributed by atoms with Crippen LogP contribution in [0.1, 0.15) is 93.6 Å². The van der Waals surface area contributed by atoms with Crippen LogP contribution in [0, 0.1) is 18.8 Å². The van der Waals surface area contributed by atoms with E-state index in [1.807, 2.05) is 129 Å². The van der Waals surface area contributed by atoms with E-state index in [0.717, 1.165) is 52.8 Å². The maximum absolute atomic E-state index is 13.1. The topological polar surface area (TPSA) is 211 Å². The van der Waals surface area contributed by atoms with Crippen LogP contribution < -0.4 is 40.9 Å². The number of carbonyl (C=O) groups excluding carboxylic acids is 5. The van der Waals surface area contributed by atoms with E-state index in [2.05, 4.69) is 37.2 Å². The Bertz CT molecular complexity index is 2360. The van der Waals surface area contributed by atoms with E-state index in [0.29, 0.717) is 25.6 Å². The van der Waals surface area contributed by atoms with Crippen LogP contribution in [0.3, 0.4) is 0 Å². The van der Waals surface area contributed by atoms with Crippen molar-refractivity contribution in [3.8, 4) is 0 Å². The molecular formula is C54H79BrN8O10. The summed E-state index contributed by atoms with van der Waals surface area (Å²) in [5, 5.41) is 21.1. The molecule has 5 N–H and O–H groups in total. The predicted molar refractivity (Wildman–Crippen MR) is 291 cm³/mol. The summed E-state index contributed by atoms with van der Waals surface area (Å²) in [5.41, 5.74) is 3.65. The summed E-state index contributed by atoms with van der Waals surface area (Å²) in [6.45, 7) is 19.5. The number of nitrogens with one attached hydrogen (secondary N) is 4. The van der Waals surface area contributed by atoms with Gasteiger partial charge in [-0.3, -0.25) is 9.59 Å². The molecule has 2 saturated carbocycles. The number of amides is 5. The summed E-state index contributed by atoms with van der Waals surface area (Å²) in [6, 6.07) is 20.7. The molecule has 2 aliphatic heterocycles. The molecule has 2 aliphatic carbocycles. The molecule has 19 heteroatoms. The van der Waals surface area contributed by atoms with Crippen molar-refractivity contribution in [1.82, 2.24) is 16.0 Å². The molecule has 3 atom stereocenters. The smallest absolute Gasteiger partial charge is 0.408 e. The molecule has 18 nitrogen and oxygen atoms in total. The van der Waals surface area contributed by atoms with E-state index < -0.39 is 59.2 Å². The molecule has 402 valence electrons. The normalized spacial score (nSPS) is 17.8. The largest absolute Gasteiger partial charge is 0.480 e. The number of para-hydroxylation sites is 5. The van der Waals surface area contributed by atoms with Gasteiger partial charge in [-0.15, -0.1) is 0 Å². The van der Waals surface area contributed by atoms with Gasteiger partial charge < -0.3 is 60.2 Å². The number of carboxylic acid groups (broad SMARTS) is 1. The molecule has 0 aromatic heterocycles. The number of fused-ring (bicyclic) bond motifs is 2. The molecule has 2 heterocycles. The van der Waals surface area contributed by atoms with Gasteiger partial charge in [-0.1, -0.05) is 58.4 Å². The molecule has 3 aromatic rings. The van der Waals surface area contributed by atoms with Crippen molar-refractivity contribution in [3.05, 3.63) is 78.4 Å². The van der Waals surface area contributed by atoms with Gasteiger partial charge in [0, 0.05) is 58.3 Å². The van der Waals surface area contributed by atoms with Crippen LogP contribution in [0.5, 0.6) is 0 Å². The highest BCUT2D eigenvalue weighted by molar-refractivity contribution is 9.09. The van der Waals surface area contributed by atoms with Crippen LogP contribution in [0.2, 0.25) is 0 Å². The van der Waals surface area contributed by atoms with Crippen LogP contribution in [-0.4, -0.2) is 129 Å². The highest BCUT2D eigenvalue weighted by atomic mass is 79.9. The second-order valence-corrected chi connectivity index (χ2v) is 22.5. The third-order valence-electron chi connectivity index (χ3n) is 11.4. The highest BCUT2D eigenvalue weighted by Gasteiger charge is 2.37. The van der Waals surface area contributed by atoms with Crippen LogP contribution in [-0.2, 0) is 28.6 Å². The number of benzene rings is 3. The molecule has 2 fully saturated rings. The number of aryl methyl sites for hydroxylation is 1. The van der Waals surface area contributed by atoms with E-state index in [1.165, 1.54) is 18.2 Å². The summed E-state index contributed by atoms with van der Waals surface area (Å²) >= 11 is 3.38. The predicted octanol–water partition coefficient (Wildman–Crippen LogP) is 8.94. The first-order chi connectivity index (χ1) is 34.0. The molecule has 0 bridgehead atoms. The van der Waals surface area contributed by atoms with Gasteiger partial charge in [-0.05, 0) is 143 Å². The number of aliphatic carboxylic acids is 1. The van der Waals surface area contributed by atoms with Crippen molar-refractivity contribution in [2.45, 2.75) is 130 Å². The van der Waals surface area contributed by atoms with Gasteiger partial charge in [-0.2, -0.15) is 0 Å². The number of hydrogen-bond donors (Lipinski definition) is 5. The van der Waals surface area contributed by atoms with E-state index in [9.17, 15) is 33.9 Å². The van der Waals surface area contributed by atoms with Gasteiger partial charge in [0.1, 0.15) is 34.9 Å². The maximum Gasteiger partial charge on any atom is 0.408 e. The minimum Gasteiger partial charge on any atom is -0.480 e. The Labute approximate surface area is 440 Å². The molecule has 3 aromatic carbocycles. The second kappa shape index (κ2) is 26.1. The molecule has 0 saturated heterocycles. The Kier molecular flexibility index (Phi) is 21.2. The van der Waals surface area contributed by atoms with E-state index in [-0.39, 0.29) is 18.4 Å². The van der Waals surface area contributed by atoms with E-state index in [4.69, 9.17) is 14.2 Å². The zero-order chi connectivity index (χ0) is 54.4. The number of alkyl halides is 1. The summed E-state index contributed by atoms with van der Waals surface area (Å²) < 4.78 is 15.6. The van der Waals surface area contributed by atoms with E-state index in [1.54, 1.807) is 53.5 Å². The number of carboxylic acids is 1. The Hall–Kier alpha value is -6.24. The lowest BCUT2D eigenvalue weighted by atomic mass is 10.1. The molecule has 4 aliphatic rings. The third kappa shape index (κ3) is 20.7. The minimum atomic E-state index is -1.11. The second-order valence-electron chi connectivity index (χ2n) is 21.8. The number of halogens is 1. The molecular weight excluding hydrogens is 1000 g/mol. The Balaban J connectivity index is 0.000000227. The highest BCUT2D eigenvalue weighted by Crippen LogP contribution is 2.37. The number of hydrogen-bond acceptors (Lipinski definition) is 12. The third-order valence-corrected chi connectivity index (χ3v) is 12.3. The average molecular weight is 1080 g/mol. The minimum absolute atomic E-state index is 0.0745. The Morgan fingerprint density at radius 2 is 1.16 bits per heavy atom. The van der Waals surface area contributed by atoms with Gasteiger partial charge in [-0.25, -0.2) is 19.2 Å². The lowest BCUT2D eigenvalue weighted by Crippen LogP contribution is -2.53. The number of carbonyl (C=O) groups is 6. The van der Waals surface area contributed by atoms with Gasteiger partial charge in [0.05, 0.1) is 22.7 Å². The molecule has 7 rings (SSSR count). The number of rotatable bonds is 10. The number of ether oxygens (including phenoxy) is 3. The Morgan fingerprint density at radius 1 is 0.699 bits per heavy atom. The van der Waals surface area contributed by atoms with Crippen molar-refractivity contribution < 1.29 is 48.1 Å². The first-order valence-electron chi connectivity index (χ1n) is 24.8. The number of alkyl carbamates (subject to hydrolysis) is 3. The average Bonchev–Trinajstić information content (AvgIpc) is 4.22. The molecule has 73 heavy (non-hydrogen) atoms. The van der Waals surface area contributed by atoms with E-state index >= 15 is 0 Å². The number of nitrogens with zero attached hydrogens (tertiary/aromatic N) is 4. The van der Waals surface area contributed by atoms with Gasteiger partial charge in [0.25, 0.3) is 5.91 Å². The number of likely N-dealkylation sites (N-methyl/N-ethyl adjacent to an activating group) is 3. The maximum atomic E-state index is 13.1. The SMILES string of the molecule is BrCC1CC1.CN1C[C@@H](NC(=O)OC(C)(C)C)C(=O)N(CC2CC2)c2ccccc21.CN1C[C@@H](NC(=O)OC(C)(C)C)C(=O)Nc2ccccc21.Cc1ccccc1N(C)C[C@@H](NC(=O)OC(C)(C)C)C(=O)O. The van der Waals surface area contributed by atoms with Crippen LogP contribution in [0.15, 0.2) is 72.8 Å². The molecule has 5 amide bonds. The lowest BCUT2D eigenvalue weighted by molar-refractivity contribution is -0.139. The van der Waals surface area contributed by atoms with Crippen LogP contribution in [0.25, 0.3) is 0 Å². The van der Waals surface area contributed by atoms with Crippen molar-refractivity contribution in [3.63, 3.8) is 0 Å². The number of anilines is 5. The molecule has 0 spiro atoms. The quantitative estimate of drug-likeness (QED) is 0.0950. The monoisotopic (exact) mass is 1080 g/mol. The molecule has 0 radical (unpaired) electrons. The van der Waals surface area contributed by atoms with Gasteiger partial charge in [0.2, 0.25) is 5.91 Å². The van der Waals surface area contributed by atoms with Gasteiger partial charge >= 0.3 is 24.2 Å². The standard InChI is InChI=1S/C19H27N3O3.C16H24N2O4.C15H21N3O3.C4H7Br/c1-19(2,3)25-18(24)20-14-12-21(4)15-7-5-6-8-16(15)22(17(14)23)11-13-9-10-13;1-11-8-6-7-9-13(11)18(5)10-12(14(19)20)17-15(21)22-16(2,3)4;1-15(2,3)21-14(20)17-11-9-18(4)12-8-6-5-7-10(12)16-13(11)19;5-3-4-1-2-4/h5-8,13-14H,9-12H2,1-4H3,(H,20,24);6-9,12H,10H2,1-5H3,(H,17,21)(H,19,20);5-8,11H,9H2,1-4H3,(H,16,19)(H,17,20);4H,1-3H2/t14-;12-;11-;/m111./s1. The summed E-state index contributed by atoms with van der Waals surface area (Å²) in [6.07, 6.45) is 3.35. The fourth-order valence-electron chi connectivity index (χ4n) is 7.50. The zero-order valence-corrected chi connectivity index (χ0v) is 46.6. The zero-order valence-electron chi connectivity index (χ0n) is 45.0. The first-order valence-corrected chi connectivity index (χ1v) is 25.9. The fourth-order valence-corrected chi connectivity index (χ4v) is 8.14. The first kappa shape index (κ1) is 59.3. The van der Waals surface area contributed by atoms with Gasteiger partial charge in [0.15, 0.2) is 0 Å². The fraction of sp³-hybridized carbons (Fsp3) is 0.556. The summed E-state index contributed by atoms with van der Waals surface area (Å²) in [5.74, 6) is 0.177. The van der Waals surface area contributed by atoms with Crippen LogP contribution >= 0.6 is 15.9 Å². The van der Waals surface area contributed by atoms with Crippen molar-refractivity contribution >= 4 is 80.4 Å². The van der Waals surface area contributed by atoms with Crippen molar-refractivity contribution in [2.75, 3.05) is 77.6 Å².